The quantitative estimate of drug-likeness (QED) is 0.615. The van der Waals surface area contributed by atoms with Crippen molar-refractivity contribution in [3.63, 3.8) is 0 Å². The molecule has 2 aromatic rings. The average Bonchev–Trinajstić information content (AvgIpc) is 2.72. The van der Waals surface area contributed by atoms with Crippen molar-refractivity contribution in [1.29, 1.82) is 0 Å². The molecule has 0 heterocycles. The van der Waals surface area contributed by atoms with E-state index in [1.54, 1.807) is 0 Å². The lowest BCUT2D eigenvalue weighted by Crippen LogP contribution is -2.30. The molecule has 1 N–H and O–H groups in total. The molecule has 0 spiro atoms. The number of esters is 1. The molecule has 0 radical (unpaired) electrons. The maximum atomic E-state index is 12.1. The van der Waals surface area contributed by atoms with Crippen LogP contribution in [0.1, 0.15) is 41.3 Å². The standard InChI is InChI=1S/C22H28N2O5S/c1-16(2)18-7-5-17(6-8-18)13-14-23-21(25)15-29-22(26)19-9-11-20(12-10-19)30(27,28)24(3)4/h5-12,16H,13-15H2,1-4H3,(H,23,25). The van der Waals surface area contributed by atoms with Crippen molar-refractivity contribution in [2.75, 3.05) is 27.2 Å². The maximum Gasteiger partial charge on any atom is 0.338 e. The number of sulfonamides is 1. The van der Waals surface area contributed by atoms with Crippen LogP contribution in [-0.4, -0.2) is 51.8 Å². The van der Waals surface area contributed by atoms with Crippen molar-refractivity contribution in [2.24, 2.45) is 0 Å². The molecule has 0 aromatic heterocycles. The number of carbonyl (C=O) groups is 2. The predicted octanol–water partition coefficient (Wildman–Crippen LogP) is 2.58. The number of benzene rings is 2. The Morgan fingerprint density at radius 2 is 1.60 bits per heavy atom. The Labute approximate surface area is 178 Å². The van der Waals surface area contributed by atoms with Crippen LogP contribution in [0.3, 0.4) is 0 Å². The number of ether oxygens (including phenoxy) is 1. The van der Waals surface area contributed by atoms with Crippen molar-refractivity contribution in [3.8, 4) is 0 Å². The third-order valence-corrected chi connectivity index (χ3v) is 6.41. The van der Waals surface area contributed by atoms with E-state index in [0.717, 1.165) is 9.87 Å². The van der Waals surface area contributed by atoms with Crippen LogP contribution in [0, 0.1) is 0 Å². The lowest BCUT2D eigenvalue weighted by Gasteiger charge is -2.11. The van der Waals surface area contributed by atoms with Crippen LogP contribution in [0.15, 0.2) is 53.4 Å². The van der Waals surface area contributed by atoms with Gasteiger partial charge in [-0.25, -0.2) is 17.5 Å². The van der Waals surface area contributed by atoms with Gasteiger partial charge in [-0.2, -0.15) is 0 Å². The number of amides is 1. The monoisotopic (exact) mass is 432 g/mol. The number of hydrogen-bond acceptors (Lipinski definition) is 5. The van der Waals surface area contributed by atoms with Crippen molar-refractivity contribution < 1.29 is 22.7 Å². The van der Waals surface area contributed by atoms with Gasteiger partial charge in [0, 0.05) is 20.6 Å². The van der Waals surface area contributed by atoms with Crippen LogP contribution in [0.4, 0.5) is 0 Å². The first kappa shape index (κ1) is 23.6. The van der Waals surface area contributed by atoms with Crippen LogP contribution in [0.2, 0.25) is 0 Å². The highest BCUT2D eigenvalue weighted by atomic mass is 32.2. The topological polar surface area (TPSA) is 92.8 Å². The van der Waals surface area contributed by atoms with Crippen LogP contribution < -0.4 is 5.32 Å². The minimum Gasteiger partial charge on any atom is -0.452 e. The highest BCUT2D eigenvalue weighted by molar-refractivity contribution is 7.89. The molecule has 30 heavy (non-hydrogen) atoms. The molecule has 2 rings (SSSR count). The van der Waals surface area contributed by atoms with E-state index < -0.39 is 28.5 Å². The maximum absolute atomic E-state index is 12.1. The van der Waals surface area contributed by atoms with E-state index in [-0.39, 0.29) is 10.5 Å². The van der Waals surface area contributed by atoms with Gasteiger partial charge in [0.25, 0.3) is 5.91 Å². The minimum atomic E-state index is -3.57. The third-order valence-electron chi connectivity index (χ3n) is 4.59. The molecule has 0 unspecified atom stereocenters. The van der Waals surface area contributed by atoms with Gasteiger partial charge in [-0.3, -0.25) is 4.79 Å². The number of nitrogens with one attached hydrogen (secondary N) is 1. The zero-order valence-electron chi connectivity index (χ0n) is 17.7. The van der Waals surface area contributed by atoms with Gasteiger partial charge in [-0.05, 0) is 47.7 Å². The molecule has 0 saturated heterocycles. The molecule has 8 heteroatoms. The Kier molecular flexibility index (Phi) is 8.14. The first-order valence-electron chi connectivity index (χ1n) is 9.66. The third kappa shape index (κ3) is 6.40. The lowest BCUT2D eigenvalue weighted by molar-refractivity contribution is -0.124. The molecule has 0 aliphatic rings. The van der Waals surface area contributed by atoms with Gasteiger partial charge >= 0.3 is 5.97 Å². The molecule has 7 nitrogen and oxygen atoms in total. The summed E-state index contributed by atoms with van der Waals surface area (Å²) >= 11 is 0. The number of rotatable bonds is 9. The van der Waals surface area contributed by atoms with Crippen LogP contribution in [0.25, 0.3) is 0 Å². The largest absolute Gasteiger partial charge is 0.452 e. The van der Waals surface area contributed by atoms with Crippen molar-refractivity contribution >= 4 is 21.9 Å². The molecule has 0 aliphatic heterocycles. The Hall–Kier alpha value is -2.71. The highest BCUT2D eigenvalue weighted by Gasteiger charge is 2.18. The van der Waals surface area contributed by atoms with Gasteiger partial charge < -0.3 is 10.1 Å². The summed E-state index contributed by atoms with van der Waals surface area (Å²) in [4.78, 5) is 24.0. The van der Waals surface area contributed by atoms with E-state index in [0.29, 0.717) is 18.9 Å². The van der Waals surface area contributed by atoms with Crippen LogP contribution in [-0.2, 0) is 26.0 Å². The summed E-state index contributed by atoms with van der Waals surface area (Å²) in [7, 11) is -0.713. The van der Waals surface area contributed by atoms with Crippen molar-refractivity contribution in [2.45, 2.75) is 31.1 Å². The second kappa shape index (κ2) is 10.4. The SMILES string of the molecule is CC(C)c1ccc(CCNC(=O)COC(=O)c2ccc(S(=O)(=O)N(C)C)cc2)cc1. The summed E-state index contributed by atoms with van der Waals surface area (Å²) in [6.45, 7) is 4.31. The summed E-state index contributed by atoms with van der Waals surface area (Å²) in [6.07, 6.45) is 0.680. The van der Waals surface area contributed by atoms with E-state index >= 15 is 0 Å². The average molecular weight is 433 g/mol. The Morgan fingerprint density at radius 3 is 2.13 bits per heavy atom. The van der Waals surface area contributed by atoms with Crippen LogP contribution in [0.5, 0.6) is 0 Å². The molecule has 0 atom stereocenters. The first-order chi connectivity index (χ1) is 14.1. The van der Waals surface area contributed by atoms with Gasteiger partial charge in [-0.1, -0.05) is 38.1 Å². The van der Waals surface area contributed by atoms with E-state index in [4.69, 9.17) is 4.74 Å². The van der Waals surface area contributed by atoms with Gasteiger partial charge in [0.2, 0.25) is 10.0 Å². The van der Waals surface area contributed by atoms with E-state index in [1.165, 1.54) is 43.9 Å². The summed E-state index contributed by atoms with van der Waals surface area (Å²) < 4.78 is 30.2. The Bertz CT molecular complexity index is 966. The van der Waals surface area contributed by atoms with E-state index in [1.807, 2.05) is 12.1 Å². The normalized spacial score (nSPS) is 11.5. The molecule has 2 aromatic carbocycles. The van der Waals surface area contributed by atoms with Gasteiger partial charge in [0.05, 0.1) is 10.5 Å². The summed E-state index contributed by atoms with van der Waals surface area (Å²) in [5.74, 6) is -0.612. The molecule has 0 fully saturated rings. The second-order valence-corrected chi connectivity index (χ2v) is 9.54. The van der Waals surface area contributed by atoms with Crippen LogP contribution >= 0.6 is 0 Å². The molecule has 162 valence electrons. The fraction of sp³-hybridized carbons (Fsp3) is 0.364. The van der Waals surface area contributed by atoms with E-state index in [2.05, 4.69) is 31.3 Å². The zero-order valence-corrected chi connectivity index (χ0v) is 18.5. The molecular weight excluding hydrogens is 404 g/mol. The van der Waals surface area contributed by atoms with Crippen molar-refractivity contribution in [3.05, 3.63) is 65.2 Å². The molecular formula is C22H28N2O5S. The fourth-order valence-corrected chi connectivity index (χ4v) is 3.56. The molecule has 0 saturated carbocycles. The molecule has 1 amide bonds. The Morgan fingerprint density at radius 1 is 1.00 bits per heavy atom. The van der Waals surface area contributed by atoms with Gasteiger partial charge in [-0.15, -0.1) is 0 Å². The van der Waals surface area contributed by atoms with E-state index in [9.17, 15) is 18.0 Å². The number of hydrogen-bond donors (Lipinski definition) is 1. The molecule has 0 aliphatic carbocycles. The summed E-state index contributed by atoms with van der Waals surface area (Å²) in [5, 5.41) is 2.72. The van der Waals surface area contributed by atoms with Gasteiger partial charge in [0.15, 0.2) is 6.61 Å². The summed E-state index contributed by atoms with van der Waals surface area (Å²) in [5.41, 5.74) is 2.55. The first-order valence-corrected chi connectivity index (χ1v) is 11.1. The van der Waals surface area contributed by atoms with Gasteiger partial charge in [0.1, 0.15) is 0 Å². The lowest BCUT2D eigenvalue weighted by atomic mass is 10.0. The smallest absolute Gasteiger partial charge is 0.338 e. The number of carbonyl (C=O) groups excluding carboxylic acids is 2. The second-order valence-electron chi connectivity index (χ2n) is 7.38. The molecule has 0 bridgehead atoms. The predicted molar refractivity (Wildman–Crippen MR) is 115 cm³/mol. The Balaban J connectivity index is 1.78. The highest BCUT2D eigenvalue weighted by Crippen LogP contribution is 2.15. The zero-order chi connectivity index (χ0) is 22.3. The number of nitrogens with zero attached hydrogens (tertiary/aromatic N) is 1. The fourth-order valence-electron chi connectivity index (χ4n) is 2.65. The van der Waals surface area contributed by atoms with Crippen molar-refractivity contribution in [1.82, 2.24) is 9.62 Å². The summed E-state index contributed by atoms with van der Waals surface area (Å²) in [6, 6.07) is 13.6. The minimum absolute atomic E-state index is 0.0724.